The highest BCUT2D eigenvalue weighted by molar-refractivity contribution is 5.95. The maximum atomic E-state index is 10.6. The minimum Gasteiger partial charge on any atom is -0.396 e. The molecule has 4 N–H and O–H groups in total. The average molecular weight is 154 g/mol. The van der Waals surface area contributed by atoms with Crippen LogP contribution in [0.15, 0.2) is 6.20 Å². The van der Waals surface area contributed by atoms with Crippen LogP contribution in [-0.4, -0.2) is 15.7 Å². The van der Waals surface area contributed by atoms with Crippen LogP contribution in [0, 0.1) is 0 Å². The Hall–Kier alpha value is -1.52. The Bertz CT molecular complexity index is 278. The molecule has 5 heteroatoms. The number of amides is 1. The molecular formula is C6H10N4O. The second-order valence-corrected chi connectivity index (χ2v) is 2.15. The molecule has 0 aliphatic rings. The first-order chi connectivity index (χ1) is 5.15. The normalized spacial score (nSPS) is 9.91. The summed E-state index contributed by atoms with van der Waals surface area (Å²) in [7, 11) is 0. The lowest BCUT2D eigenvalue weighted by Crippen LogP contribution is -2.14. The van der Waals surface area contributed by atoms with Crippen LogP contribution in [0.5, 0.6) is 0 Å². The fourth-order valence-electron chi connectivity index (χ4n) is 0.790. The van der Waals surface area contributed by atoms with Gasteiger partial charge in [-0.2, -0.15) is 5.10 Å². The molecule has 0 saturated heterocycles. The lowest BCUT2D eigenvalue weighted by atomic mass is 10.4. The Morgan fingerprint density at radius 1 is 1.82 bits per heavy atom. The largest absolute Gasteiger partial charge is 0.396 e. The van der Waals surface area contributed by atoms with Gasteiger partial charge in [-0.1, -0.05) is 0 Å². The van der Waals surface area contributed by atoms with E-state index in [-0.39, 0.29) is 5.69 Å². The molecule has 0 fully saturated rings. The molecular weight excluding hydrogens is 144 g/mol. The Morgan fingerprint density at radius 2 is 2.45 bits per heavy atom. The van der Waals surface area contributed by atoms with E-state index in [0.717, 1.165) is 0 Å². The van der Waals surface area contributed by atoms with Crippen LogP contribution in [0.2, 0.25) is 0 Å². The van der Waals surface area contributed by atoms with Crippen molar-refractivity contribution < 1.29 is 4.79 Å². The molecule has 0 unspecified atom stereocenters. The average Bonchev–Trinajstić information content (AvgIpc) is 2.30. The number of hydrogen-bond donors (Lipinski definition) is 2. The first kappa shape index (κ1) is 7.59. The summed E-state index contributed by atoms with van der Waals surface area (Å²) in [6.45, 7) is 2.58. The Kier molecular flexibility index (Phi) is 1.80. The number of aromatic nitrogens is 2. The number of nitrogens with zero attached hydrogens (tertiary/aromatic N) is 2. The smallest absolute Gasteiger partial charge is 0.271 e. The zero-order valence-electron chi connectivity index (χ0n) is 6.24. The molecule has 11 heavy (non-hydrogen) atoms. The highest BCUT2D eigenvalue weighted by atomic mass is 16.1. The molecule has 1 aromatic rings. The fraction of sp³-hybridized carbons (Fsp3) is 0.333. The van der Waals surface area contributed by atoms with Gasteiger partial charge in [-0.3, -0.25) is 9.48 Å². The molecule has 0 spiro atoms. The van der Waals surface area contributed by atoms with Gasteiger partial charge in [-0.25, -0.2) is 0 Å². The number of carbonyl (C=O) groups excluding carboxylic acids is 1. The highest BCUT2D eigenvalue weighted by Gasteiger charge is 2.09. The van der Waals surface area contributed by atoms with Gasteiger partial charge in [0.15, 0.2) is 5.69 Å². The topological polar surface area (TPSA) is 86.9 Å². The lowest BCUT2D eigenvalue weighted by molar-refractivity contribution is 0.0995. The SMILES string of the molecule is CCn1cc(N)c(C(N)=O)n1. The van der Waals surface area contributed by atoms with Gasteiger partial charge in [0.1, 0.15) is 0 Å². The summed E-state index contributed by atoms with van der Waals surface area (Å²) < 4.78 is 1.56. The molecule has 0 atom stereocenters. The van der Waals surface area contributed by atoms with Crippen molar-refractivity contribution in [2.45, 2.75) is 13.5 Å². The quantitative estimate of drug-likeness (QED) is 0.606. The van der Waals surface area contributed by atoms with Crippen LogP contribution in [0.3, 0.4) is 0 Å². The Morgan fingerprint density at radius 3 is 2.73 bits per heavy atom. The number of anilines is 1. The molecule has 1 amide bonds. The summed E-state index contributed by atoms with van der Waals surface area (Å²) in [5.74, 6) is -0.588. The van der Waals surface area contributed by atoms with Crippen LogP contribution in [0.25, 0.3) is 0 Å². The second kappa shape index (κ2) is 2.61. The van der Waals surface area contributed by atoms with Gasteiger partial charge in [0, 0.05) is 12.7 Å². The van der Waals surface area contributed by atoms with Gasteiger partial charge >= 0.3 is 0 Å². The van der Waals surface area contributed by atoms with Crippen molar-refractivity contribution in [1.82, 2.24) is 9.78 Å². The maximum Gasteiger partial charge on any atom is 0.271 e. The van der Waals surface area contributed by atoms with Crippen LogP contribution in [0.4, 0.5) is 5.69 Å². The Balaban J connectivity index is 3.07. The van der Waals surface area contributed by atoms with Crippen LogP contribution < -0.4 is 11.5 Å². The van der Waals surface area contributed by atoms with Crippen LogP contribution in [0.1, 0.15) is 17.4 Å². The third kappa shape index (κ3) is 1.31. The summed E-state index contributed by atoms with van der Waals surface area (Å²) in [6.07, 6.45) is 1.58. The van der Waals surface area contributed by atoms with Crippen LogP contribution >= 0.6 is 0 Å². The number of rotatable bonds is 2. The van der Waals surface area contributed by atoms with E-state index in [1.54, 1.807) is 10.9 Å². The third-order valence-corrected chi connectivity index (χ3v) is 1.35. The van der Waals surface area contributed by atoms with E-state index in [9.17, 15) is 4.79 Å². The summed E-state index contributed by atoms with van der Waals surface area (Å²) in [5, 5.41) is 3.84. The van der Waals surface area contributed by atoms with Crippen molar-refractivity contribution in [2.75, 3.05) is 5.73 Å². The number of aryl methyl sites for hydroxylation is 1. The number of carbonyl (C=O) groups is 1. The number of nitrogens with two attached hydrogens (primary N) is 2. The van der Waals surface area contributed by atoms with Gasteiger partial charge in [-0.15, -0.1) is 0 Å². The van der Waals surface area contributed by atoms with Gasteiger partial charge in [-0.05, 0) is 6.92 Å². The van der Waals surface area contributed by atoms with Crippen molar-refractivity contribution in [3.8, 4) is 0 Å². The van der Waals surface area contributed by atoms with Gasteiger partial charge < -0.3 is 11.5 Å². The standard InChI is InChI=1S/C6H10N4O/c1-2-10-3-4(7)5(9-10)6(8)11/h3H,2,7H2,1H3,(H2,8,11). The summed E-state index contributed by atoms with van der Waals surface area (Å²) in [6, 6.07) is 0. The second-order valence-electron chi connectivity index (χ2n) is 2.15. The van der Waals surface area contributed by atoms with E-state index in [4.69, 9.17) is 11.5 Å². The molecule has 0 saturated carbocycles. The van der Waals surface area contributed by atoms with Gasteiger partial charge in [0.25, 0.3) is 5.91 Å². The highest BCUT2D eigenvalue weighted by Crippen LogP contribution is 2.06. The molecule has 0 aliphatic heterocycles. The van der Waals surface area contributed by atoms with Crippen molar-refractivity contribution in [3.63, 3.8) is 0 Å². The molecule has 0 aromatic carbocycles. The fourth-order valence-corrected chi connectivity index (χ4v) is 0.790. The molecule has 1 rings (SSSR count). The van der Waals surface area contributed by atoms with Gasteiger partial charge in [0.2, 0.25) is 0 Å². The maximum absolute atomic E-state index is 10.6. The minimum atomic E-state index is -0.588. The van der Waals surface area contributed by atoms with E-state index in [1.165, 1.54) is 0 Å². The van der Waals surface area contributed by atoms with Crippen molar-refractivity contribution in [2.24, 2.45) is 5.73 Å². The number of nitrogen functional groups attached to an aromatic ring is 1. The molecule has 0 radical (unpaired) electrons. The minimum absolute atomic E-state index is 0.145. The monoisotopic (exact) mass is 154 g/mol. The first-order valence-electron chi connectivity index (χ1n) is 3.28. The van der Waals surface area contributed by atoms with Crippen molar-refractivity contribution in [3.05, 3.63) is 11.9 Å². The predicted molar refractivity (Wildman–Crippen MR) is 40.8 cm³/mol. The first-order valence-corrected chi connectivity index (χ1v) is 3.28. The van der Waals surface area contributed by atoms with Crippen molar-refractivity contribution >= 4 is 11.6 Å². The summed E-state index contributed by atoms with van der Waals surface area (Å²) >= 11 is 0. The zero-order chi connectivity index (χ0) is 8.43. The van der Waals surface area contributed by atoms with E-state index in [2.05, 4.69) is 5.10 Å². The molecule has 60 valence electrons. The van der Waals surface area contributed by atoms with E-state index >= 15 is 0 Å². The van der Waals surface area contributed by atoms with Gasteiger partial charge in [0.05, 0.1) is 5.69 Å². The lowest BCUT2D eigenvalue weighted by Gasteiger charge is -1.89. The van der Waals surface area contributed by atoms with Crippen molar-refractivity contribution in [1.29, 1.82) is 0 Å². The van der Waals surface area contributed by atoms with Crippen LogP contribution in [-0.2, 0) is 6.54 Å². The molecule has 0 aliphatic carbocycles. The predicted octanol–water partition coefficient (Wildman–Crippen LogP) is -0.416. The number of hydrogen-bond acceptors (Lipinski definition) is 3. The molecule has 1 aromatic heterocycles. The third-order valence-electron chi connectivity index (χ3n) is 1.35. The molecule has 0 bridgehead atoms. The molecule has 5 nitrogen and oxygen atoms in total. The zero-order valence-corrected chi connectivity index (χ0v) is 6.24. The summed E-state index contributed by atoms with van der Waals surface area (Å²) in [4.78, 5) is 10.6. The summed E-state index contributed by atoms with van der Waals surface area (Å²) in [5.41, 5.74) is 10.9. The molecule has 1 heterocycles. The van der Waals surface area contributed by atoms with E-state index in [1.807, 2.05) is 6.92 Å². The van der Waals surface area contributed by atoms with E-state index in [0.29, 0.717) is 12.2 Å². The Labute approximate surface area is 64.0 Å². The van der Waals surface area contributed by atoms with E-state index < -0.39 is 5.91 Å². The number of primary amides is 1.